The molecular weight excluding hydrogens is 535 g/mol. The first-order chi connectivity index (χ1) is 21.1. The molecule has 0 aliphatic rings. The summed E-state index contributed by atoms with van der Waals surface area (Å²) in [5.41, 5.74) is 0. The van der Waals surface area contributed by atoms with Crippen molar-refractivity contribution >= 4 is 23.6 Å². The van der Waals surface area contributed by atoms with Crippen LogP contribution in [-0.4, -0.2) is 39.7 Å². The molecule has 0 saturated heterocycles. The van der Waals surface area contributed by atoms with Gasteiger partial charge < -0.3 is 4.48 Å². The monoisotopic (exact) mass is 598 g/mol. The van der Waals surface area contributed by atoms with Gasteiger partial charge in [0, 0.05) is 0 Å². The van der Waals surface area contributed by atoms with Crippen LogP contribution in [0.25, 0.3) is 0 Å². The SMILES string of the molecule is CCCCCCCCCCCCCCCCCC[N+](C)(C)CCC[Si](c1ccccc1)(c1ccccc1)c1ccccc1. The average Bonchev–Trinajstić information content (AvgIpc) is 3.04. The van der Waals surface area contributed by atoms with Gasteiger partial charge >= 0.3 is 0 Å². The molecule has 3 aromatic rings. The zero-order valence-corrected chi connectivity index (χ0v) is 29.2. The number of hydrogen-bond donors (Lipinski definition) is 0. The van der Waals surface area contributed by atoms with Crippen LogP contribution in [0.5, 0.6) is 0 Å². The second-order valence-electron chi connectivity index (χ2n) is 13.8. The van der Waals surface area contributed by atoms with E-state index < -0.39 is 8.07 Å². The molecule has 0 amide bonds. The van der Waals surface area contributed by atoms with Gasteiger partial charge in [0.05, 0.1) is 27.2 Å². The molecule has 43 heavy (non-hydrogen) atoms. The molecule has 3 aromatic carbocycles. The van der Waals surface area contributed by atoms with E-state index in [0.717, 1.165) is 4.48 Å². The van der Waals surface area contributed by atoms with Gasteiger partial charge in [-0.15, -0.1) is 0 Å². The van der Waals surface area contributed by atoms with Crippen LogP contribution in [-0.2, 0) is 0 Å². The van der Waals surface area contributed by atoms with Crippen molar-refractivity contribution in [1.82, 2.24) is 0 Å². The van der Waals surface area contributed by atoms with Gasteiger partial charge in [0.15, 0.2) is 0 Å². The van der Waals surface area contributed by atoms with Gasteiger partial charge in [-0.05, 0) is 40.9 Å². The van der Waals surface area contributed by atoms with Crippen LogP contribution in [0.15, 0.2) is 91.0 Å². The smallest absolute Gasteiger partial charge is 0.148 e. The first-order valence-electron chi connectivity index (χ1n) is 18.1. The van der Waals surface area contributed by atoms with E-state index in [1.807, 2.05) is 0 Å². The Hall–Kier alpha value is -2.16. The number of quaternary nitrogens is 1. The fraction of sp³-hybridized carbons (Fsp3) is 0.561. The third-order valence-electron chi connectivity index (χ3n) is 9.73. The van der Waals surface area contributed by atoms with E-state index in [1.165, 1.54) is 144 Å². The zero-order chi connectivity index (χ0) is 30.5. The topological polar surface area (TPSA) is 0 Å². The third kappa shape index (κ3) is 12.8. The Morgan fingerprint density at radius 3 is 1.05 bits per heavy atom. The molecule has 0 spiro atoms. The molecule has 0 aromatic heterocycles. The first kappa shape index (κ1) is 35.3. The molecule has 0 radical (unpaired) electrons. The minimum absolute atomic E-state index is 1.14. The maximum atomic E-state index is 2.46. The summed E-state index contributed by atoms with van der Waals surface area (Å²) in [7, 11) is 2.81. The molecule has 236 valence electrons. The van der Waals surface area contributed by atoms with Gasteiger partial charge in [0.1, 0.15) is 8.07 Å². The molecule has 3 rings (SSSR count). The Balaban J connectivity index is 1.37. The number of rotatable bonds is 24. The maximum absolute atomic E-state index is 2.46. The lowest BCUT2D eigenvalue weighted by Crippen LogP contribution is -2.67. The predicted molar refractivity (Wildman–Crippen MR) is 195 cm³/mol. The van der Waals surface area contributed by atoms with E-state index in [1.54, 1.807) is 0 Å². The maximum Gasteiger partial charge on any atom is 0.148 e. The summed E-state index contributed by atoms with van der Waals surface area (Å²) in [6, 6.07) is 35.5. The summed E-state index contributed by atoms with van der Waals surface area (Å²) in [5, 5.41) is 4.61. The number of hydrogen-bond acceptors (Lipinski definition) is 0. The lowest BCUT2D eigenvalue weighted by atomic mass is 10.0. The van der Waals surface area contributed by atoms with Crippen molar-refractivity contribution in [2.75, 3.05) is 27.2 Å². The van der Waals surface area contributed by atoms with Gasteiger partial charge in [0.25, 0.3) is 0 Å². The summed E-state index contributed by atoms with van der Waals surface area (Å²) in [6.45, 7) is 4.86. The van der Waals surface area contributed by atoms with E-state index in [-0.39, 0.29) is 0 Å². The fourth-order valence-electron chi connectivity index (χ4n) is 7.07. The van der Waals surface area contributed by atoms with Crippen molar-refractivity contribution in [3.63, 3.8) is 0 Å². The van der Waals surface area contributed by atoms with Crippen LogP contribution in [0.1, 0.15) is 116 Å². The molecule has 0 saturated carbocycles. The molecule has 0 aliphatic heterocycles. The summed E-state index contributed by atoms with van der Waals surface area (Å²) in [6.07, 6.45) is 24.3. The van der Waals surface area contributed by atoms with Gasteiger partial charge in [-0.3, -0.25) is 0 Å². The van der Waals surface area contributed by atoms with E-state index in [0.29, 0.717) is 0 Å². The van der Waals surface area contributed by atoms with Gasteiger partial charge in [-0.25, -0.2) is 0 Å². The quantitative estimate of drug-likeness (QED) is 0.0417. The highest BCUT2D eigenvalue weighted by atomic mass is 28.3. The first-order valence-corrected chi connectivity index (χ1v) is 20.3. The van der Waals surface area contributed by atoms with Crippen molar-refractivity contribution < 1.29 is 4.48 Å². The molecule has 0 atom stereocenters. The highest BCUT2D eigenvalue weighted by Crippen LogP contribution is 2.18. The van der Waals surface area contributed by atoms with Crippen molar-refractivity contribution in [2.45, 2.75) is 122 Å². The molecular formula is C41H64NSi+. The van der Waals surface area contributed by atoms with Crippen LogP contribution < -0.4 is 15.6 Å². The lowest BCUT2D eigenvalue weighted by molar-refractivity contribution is -0.890. The molecule has 0 bridgehead atoms. The van der Waals surface area contributed by atoms with E-state index >= 15 is 0 Å². The highest BCUT2D eigenvalue weighted by Gasteiger charge is 2.39. The van der Waals surface area contributed by atoms with E-state index in [9.17, 15) is 0 Å². The van der Waals surface area contributed by atoms with Crippen LogP contribution >= 0.6 is 0 Å². The third-order valence-corrected chi connectivity index (χ3v) is 14.8. The Kier molecular flexibility index (Phi) is 17.0. The fourth-order valence-corrected chi connectivity index (χ4v) is 11.9. The van der Waals surface area contributed by atoms with E-state index in [4.69, 9.17) is 0 Å². The van der Waals surface area contributed by atoms with Crippen LogP contribution in [0.2, 0.25) is 6.04 Å². The Morgan fingerprint density at radius 1 is 0.395 bits per heavy atom. The standard InChI is InChI=1S/C41H64NSi/c1-4-5-6-7-8-9-10-11-12-13-14-15-16-17-18-28-36-42(2,3)37-29-38-43(39-30-22-19-23-31-39,40-32-24-20-25-33-40)41-34-26-21-27-35-41/h19-27,30-35H,4-18,28-29,36-38H2,1-3H3/q+1. The van der Waals surface area contributed by atoms with Crippen molar-refractivity contribution in [3.8, 4) is 0 Å². The zero-order valence-electron chi connectivity index (χ0n) is 28.2. The molecule has 0 heterocycles. The van der Waals surface area contributed by atoms with Gasteiger partial charge in [-0.1, -0.05) is 188 Å². The molecule has 0 unspecified atom stereocenters. The van der Waals surface area contributed by atoms with Crippen LogP contribution in [0.4, 0.5) is 0 Å². The number of unbranched alkanes of at least 4 members (excludes halogenated alkanes) is 15. The number of benzene rings is 3. The Labute approximate surface area is 267 Å². The molecule has 1 nitrogen and oxygen atoms in total. The predicted octanol–water partition coefficient (Wildman–Crippen LogP) is 9.88. The second kappa shape index (κ2) is 20.7. The summed E-state index contributed by atoms with van der Waals surface area (Å²) >= 11 is 0. The normalized spacial score (nSPS) is 12.1. The average molecular weight is 599 g/mol. The highest BCUT2D eigenvalue weighted by molar-refractivity contribution is 7.11. The minimum atomic E-state index is -2.11. The molecule has 0 fully saturated rings. The van der Waals surface area contributed by atoms with E-state index in [2.05, 4.69) is 112 Å². The van der Waals surface area contributed by atoms with Crippen molar-refractivity contribution in [2.24, 2.45) is 0 Å². The summed E-state index contributed by atoms with van der Waals surface area (Å²) < 4.78 is 1.14. The Morgan fingerprint density at radius 2 is 0.698 bits per heavy atom. The largest absolute Gasteiger partial charge is 0.328 e. The second-order valence-corrected chi connectivity index (χ2v) is 17.8. The molecule has 0 aliphatic carbocycles. The summed E-state index contributed by atoms with van der Waals surface area (Å²) in [4.78, 5) is 0. The minimum Gasteiger partial charge on any atom is -0.328 e. The van der Waals surface area contributed by atoms with Crippen molar-refractivity contribution in [1.29, 1.82) is 0 Å². The van der Waals surface area contributed by atoms with Crippen LogP contribution in [0.3, 0.4) is 0 Å². The summed E-state index contributed by atoms with van der Waals surface area (Å²) in [5.74, 6) is 0. The van der Waals surface area contributed by atoms with Crippen LogP contribution in [0, 0.1) is 0 Å². The van der Waals surface area contributed by atoms with Gasteiger partial charge in [0.2, 0.25) is 0 Å². The molecule has 2 heteroatoms. The lowest BCUT2D eigenvalue weighted by Gasteiger charge is -2.36. The van der Waals surface area contributed by atoms with Gasteiger partial charge in [-0.2, -0.15) is 0 Å². The van der Waals surface area contributed by atoms with Crippen molar-refractivity contribution in [3.05, 3.63) is 91.0 Å². The Bertz CT molecular complexity index is 966. The molecule has 0 N–H and O–H groups in total. The number of nitrogens with zero attached hydrogens (tertiary/aromatic N) is 1.